The quantitative estimate of drug-likeness (QED) is 0.707. The van der Waals surface area contributed by atoms with Gasteiger partial charge in [0.1, 0.15) is 6.07 Å². The molecule has 0 saturated carbocycles. The van der Waals surface area contributed by atoms with E-state index in [2.05, 4.69) is 40.0 Å². The predicted octanol–water partition coefficient (Wildman–Crippen LogP) is 2.31. The lowest BCUT2D eigenvalue weighted by molar-refractivity contribution is 0.313. The van der Waals surface area contributed by atoms with Crippen LogP contribution in [0, 0.1) is 11.3 Å². The summed E-state index contributed by atoms with van der Waals surface area (Å²) in [6, 6.07) is 6.28. The average molecular weight is 251 g/mol. The van der Waals surface area contributed by atoms with Gasteiger partial charge in [0.05, 0.1) is 5.56 Å². The van der Waals surface area contributed by atoms with E-state index >= 15 is 0 Å². The van der Waals surface area contributed by atoms with Crippen molar-refractivity contribution in [2.24, 2.45) is 0 Å². The normalized spacial score (nSPS) is 16.1. The Labute approximate surface area is 92.3 Å². The van der Waals surface area contributed by atoms with Crippen molar-refractivity contribution in [1.29, 1.82) is 5.26 Å². The summed E-state index contributed by atoms with van der Waals surface area (Å²) in [5.41, 5.74) is 3.40. The molecule has 1 aliphatic rings. The van der Waals surface area contributed by atoms with Gasteiger partial charge >= 0.3 is 0 Å². The number of nitrogens with zero attached hydrogens (tertiary/aromatic N) is 2. The van der Waals surface area contributed by atoms with Crippen molar-refractivity contribution in [1.82, 2.24) is 4.90 Å². The topological polar surface area (TPSA) is 27.0 Å². The molecule has 72 valence electrons. The molecule has 1 aromatic rings. The Hall–Kier alpha value is -0.850. The number of likely N-dealkylation sites (N-methyl/N-ethyl adjacent to an activating group) is 1. The molecule has 0 radical (unpaired) electrons. The molecule has 0 aromatic heterocycles. The van der Waals surface area contributed by atoms with E-state index in [4.69, 9.17) is 5.26 Å². The number of nitriles is 1. The van der Waals surface area contributed by atoms with E-state index in [1.54, 1.807) is 0 Å². The zero-order valence-electron chi connectivity index (χ0n) is 8.05. The highest BCUT2D eigenvalue weighted by Gasteiger charge is 2.14. The van der Waals surface area contributed by atoms with Crippen molar-refractivity contribution < 1.29 is 0 Å². The minimum absolute atomic E-state index is 0.744. The summed E-state index contributed by atoms with van der Waals surface area (Å²) >= 11 is 3.41. The lowest BCUT2D eigenvalue weighted by Crippen LogP contribution is -2.26. The van der Waals surface area contributed by atoms with E-state index in [-0.39, 0.29) is 0 Å². The van der Waals surface area contributed by atoms with E-state index < -0.39 is 0 Å². The van der Waals surface area contributed by atoms with E-state index in [0.29, 0.717) is 0 Å². The second kappa shape index (κ2) is 3.72. The SMILES string of the molecule is CN1CCc2cc(C#N)c(Br)cc2C1. The second-order valence-corrected chi connectivity index (χ2v) is 4.55. The van der Waals surface area contributed by atoms with Crippen LogP contribution in [-0.4, -0.2) is 18.5 Å². The van der Waals surface area contributed by atoms with Crippen LogP contribution in [0.5, 0.6) is 0 Å². The predicted molar refractivity (Wildman–Crippen MR) is 58.9 cm³/mol. The highest BCUT2D eigenvalue weighted by Crippen LogP contribution is 2.25. The van der Waals surface area contributed by atoms with Crippen molar-refractivity contribution >= 4 is 15.9 Å². The minimum atomic E-state index is 0.744. The largest absolute Gasteiger partial charge is 0.302 e. The number of benzene rings is 1. The van der Waals surface area contributed by atoms with Gasteiger partial charge in [-0.3, -0.25) is 0 Å². The minimum Gasteiger partial charge on any atom is -0.302 e. The summed E-state index contributed by atoms with van der Waals surface area (Å²) in [6.07, 6.45) is 1.05. The van der Waals surface area contributed by atoms with Crippen molar-refractivity contribution in [3.8, 4) is 6.07 Å². The van der Waals surface area contributed by atoms with Crippen LogP contribution < -0.4 is 0 Å². The van der Waals surface area contributed by atoms with Crippen LogP contribution in [-0.2, 0) is 13.0 Å². The van der Waals surface area contributed by atoms with Gasteiger partial charge in [0.15, 0.2) is 0 Å². The van der Waals surface area contributed by atoms with Crippen LogP contribution in [0.4, 0.5) is 0 Å². The number of rotatable bonds is 0. The Balaban J connectivity index is 2.47. The van der Waals surface area contributed by atoms with Gasteiger partial charge in [-0.1, -0.05) is 0 Å². The maximum Gasteiger partial charge on any atom is 0.100 e. The monoisotopic (exact) mass is 250 g/mol. The van der Waals surface area contributed by atoms with Crippen LogP contribution in [0.3, 0.4) is 0 Å². The van der Waals surface area contributed by atoms with Crippen molar-refractivity contribution in [3.05, 3.63) is 33.3 Å². The highest BCUT2D eigenvalue weighted by atomic mass is 79.9. The van der Waals surface area contributed by atoms with E-state index in [9.17, 15) is 0 Å². The van der Waals surface area contributed by atoms with Gasteiger partial charge in [-0.15, -0.1) is 0 Å². The van der Waals surface area contributed by atoms with Crippen molar-refractivity contribution in [2.75, 3.05) is 13.6 Å². The molecule has 1 heterocycles. The van der Waals surface area contributed by atoms with Gasteiger partial charge in [0.25, 0.3) is 0 Å². The van der Waals surface area contributed by atoms with E-state index in [0.717, 1.165) is 29.5 Å². The fourth-order valence-electron chi connectivity index (χ4n) is 1.81. The summed E-state index contributed by atoms with van der Waals surface area (Å²) < 4.78 is 0.911. The van der Waals surface area contributed by atoms with Crippen LogP contribution in [0.15, 0.2) is 16.6 Å². The maximum atomic E-state index is 8.88. The maximum absolute atomic E-state index is 8.88. The molecule has 0 bridgehead atoms. The molecule has 2 nitrogen and oxygen atoms in total. The number of fused-ring (bicyclic) bond motifs is 1. The Bertz CT molecular complexity index is 406. The van der Waals surface area contributed by atoms with Gasteiger partial charge in [0.2, 0.25) is 0 Å². The summed E-state index contributed by atoms with van der Waals surface area (Å²) in [4.78, 5) is 2.29. The van der Waals surface area contributed by atoms with Gasteiger partial charge in [-0.05, 0) is 52.7 Å². The zero-order chi connectivity index (χ0) is 10.1. The third-order valence-electron chi connectivity index (χ3n) is 2.61. The number of halogens is 1. The first-order valence-corrected chi connectivity index (χ1v) is 5.40. The summed E-state index contributed by atoms with van der Waals surface area (Å²) in [7, 11) is 2.12. The third kappa shape index (κ3) is 1.68. The molecule has 0 amide bonds. The lowest BCUT2D eigenvalue weighted by Gasteiger charge is -2.25. The molecule has 0 spiro atoms. The Kier molecular flexibility index (Phi) is 2.58. The molecule has 0 aliphatic carbocycles. The molecule has 0 fully saturated rings. The highest BCUT2D eigenvalue weighted by molar-refractivity contribution is 9.10. The fourth-order valence-corrected chi connectivity index (χ4v) is 2.29. The van der Waals surface area contributed by atoms with Gasteiger partial charge in [-0.25, -0.2) is 0 Å². The standard InChI is InChI=1S/C11H11BrN2/c1-14-3-2-8-4-9(6-13)11(12)5-10(8)7-14/h4-5H,2-3,7H2,1H3. The second-order valence-electron chi connectivity index (χ2n) is 3.70. The Morgan fingerprint density at radius 2 is 2.21 bits per heavy atom. The smallest absolute Gasteiger partial charge is 0.100 e. The molecular formula is C11H11BrN2. The average Bonchev–Trinajstić information content (AvgIpc) is 2.16. The molecule has 14 heavy (non-hydrogen) atoms. The summed E-state index contributed by atoms with van der Waals surface area (Å²) in [5, 5.41) is 8.88. The van der Waals surface area contributed by atoms with Crippen LogP contribution >= 0.6 is 15.9 Å². The molecule has 0 atom stereocenters. The summed E-state index contributed by atoms with van der Waals surface area (Å²) in [5.74, 6) is 0. The van der Waals surface area contributed by atoms with Crippen molar-refractivity contribution in [2.45, 2.75) is 13.0 Å². The lowest BCUT2D eigenvalue weighted by atomic mass is 9.98. The molecular weight excluding hydrogens is 240 g/mol. The Morgan fingerprint density at radius 1 is 1.43 bits per heavy atom. The molecule has 0 N–H and O–H groups in total. The number of hydrogen-bond donors (Lipinski definition) is 0. The Morgan fingerprint density at radius 3 is 2.93 bits per heavy atom. The van der Waals surface area contributed by atoms with Crippen LogP contribution in [0.2, 0.25) is 0 Å². The van der Waals surface area contributed by atoms with Crippen LogP contribution in [0.1, 0.15) is 16.7 Å². The molecule has 1 aliphatic heterocycles. The summed E-state index contributed by atoms with van der Waals surface area (Å²) in [6.45, 7) is 2.07. The molecule has 3 heteroatoms. The van der Waals surface area contributed by atoms with Gasteiger partial charge < -0.3 is 4.90 Å². The van der Waals surface area contributed by atoms with E-state index in [1.807, 2.05) is 6.07 Å². The first-order chi connectivity index (χ1) is 6.70. The zero-order valence-corrected chi connectivity index (χ0v) is 9.63. The molecule has 2 rings (SSSR count). The molecule has 0 unspecified atom stereocenters. The van der Waals surface area contributed by atoms with Gasteiger partial charge in [0, 0.05) is 17.6 Å². The molecule has 1 aromatic carbocycles. The van der Waals surface area contributed by atoms with Crippen LogP contribution in [0.25, 0.3) is 0 Å². The van der Waals surface area contributed by atoms with Crippen molar-refractivity contribution in [3.63, 3.8) is 0 Å². The fraction of sp³-hybridized carbons (Fsp3) is 0.364. The number of hydrogen-bond acceptors (Lipinski definition) is 2. The molecule has 0 saturated heterocycles. The first kappa shape index (κ1) is 9.70. The first-order valence-electron chi connectivity index (χ1n) is 4.60. The van der Waals surface area contributed by atoms with E-state index in [1.165, 1.54) is 11.1 Å². The third-order valence-corrected chi connectivity index (χ3v) is 3.27. The van der Waals surface area contributed by atoms with Gasteiger partial charge in [-0.2, -0.15) is 5.26 Å².